The number of aromatic amines is 1. The van der Waals surface area contributed by atoms with Crippen LogP contribution >= 0.6 is 0 Å². The van der Waals surface area contributed by atoms with E-state index in [0.29, 0.717) is 17.9 Å². The van der Waals surface area contributed by atoms with Crippen LogP contribution < -0.4 is 0 Å². The Morgan fingerprint density at radius 1 is 1.17 bits per heavy atom. The molecule has 0 saturated carbocycles. The summed E-state index contributed by atoms with van der Waals surface area (Å²) in [4.78, 5) is 8.26. The number of hydrogen-bond acceptors (Lipinski definition) is 2. The van der Waals surface area contributed by atoms with Gasteiger partial charge in [0.25, 0.3) is 0 Å². The van der Waals surface area contributed by atoms with Gasteiger partial charge in [-0.2, -0.15) is 0 Å². The molecular formula is C15H20N2O. The van der Waals surface area contributed by atoms with Gasteiger partial charge in [-0.05, 0) is 38.3 Å². The first-order valence-corrected chi connectivity index (χ1v) is 6.68. The van der Waals surface area contributed by atoms with Gasteiger partial charge in [-0.1, -0.05) is 19.1 Å². The molecule has 1 aliphatic heterocycles. The van der Waals surface area contributed by atoms with Crippen molar-refractivity contribution in [1.82, 2.24) is 9.97 Å². The van der Waals surface area contributed by atoms with Crippen molar-refractivity contribution in [3.05, 3.63) is 29.6 Å². The van der Waals surface area contributed by atoms with Crippen LogP contribution in [-0.2, 0) is 4.74 Å². The zero-order chi connectivity index (χ0) is 12.9. The van der Waals surface area contributed by atoms with Crippen LogP contribution in [0.15, 0.2) is 18.2 Å². The Kier molecular flexibility index (Phi) is 2.67. The van der Waals surface area contributed by atoms with Gasteiger partial charge in [0.05, 0.1) is 23.2 Å². The predicted octanol–water partition coefficient (Wildman–Crippen LogP) is 3.40. The van der Waals surface area contributed by atoms with E-state index in [2.05, 4.69) is 50.9 Å². The Labute approximate surface area is 108 Å². The van der Waals surface area contributed by atoms with E-state index in [4.69, 9.17) is 9.72 Å². The molecule has 1 aliphatic rings. The quantitative estimate of drug-likeness (QED) is 0.835. The summed E-state index contributed by atoms with van der Waals surface area (Å²) < 4.78 is 5.91. The van der Waals surface area contributed by atoms with Gasteiger partial charge < -0.3 is 9.72 Å². The Morgan fingerprint density at radius 2 is 1.94 bits per heavy atom. The number of rotatable bonds is 1. The molecule has 1 aromatic heterocycles. The number of imidazole rings is 1. The van der Waals surface area contributed by atoms with Crippen molar-refractivity contribution in [2.24, 2.45) is 5.92 Å². The number of aryl methyl sites for hydroxylation is 1. The largest absolute Gasteiger partial charge is 0.374 e. The number of fused-ring (bicyclic) bond motifs is 1. The van der Waals surface area contributed by atoms with Gasteiger partial charge in [0, 0.05) is 5.92 Å². The van der Waals surface area contributed by atoms with Crippen LogP contribution in [0.3, 0.4) is 0 Å². The average Bonchev–Trinajstić information content (AvgIpc) is 2.83. The summed E-state index contributed by atoms with van der Waals surface area (Å²) in [7, 11) is 0. The molecule has 1 aromatic carbocycles. The summed E-state index contributed by atoms with van der Waals surface area (Å²) in [5.74, 6) is 1.94. The van der Waals surface area contributed by atoms with E-state index in [1.807, 2.05) is 0 Å². The topological polar surface area (TPSA) is 37.9 Å². The number of ether oxygens (including phenoxy) is 1. The normalized spacial score (nSPS) is 32.2. The number of aromatic nitrogens is 2. The molecule has 4 unspecified atom stereocenters. The minimum absolute atomic E-state index is 0.232. The standard InChI is InChI=1S/C15H20N2O/c1-8-6-5-7-12-14(8)17-15(16-12)13-9(2)10(3)18-11(13)4/h5-7,9-11,13H,1-4H3,(H,16,17). The van der Waals surface area contributed by atoms with E-state index in [-0.39, 0.29) is 6.10 Å². The third-order valence-electron chi connectivity index (χ3n) is 4.29. The van der Waals surface area contributed by atoms with Crippen molar-refractivity contribution in [3.8, 4) is 0 Å². The highest BCUT2D eigenvalue weighted by molar-refractivity contribution is 5.78. The first-order valence-electron chi connectivity index (χ1n) is 6.68. The van der Waals surface area contributed by atoms with Gasteiger partial charge in [-0.15, -0.1) is 0 Å². The number of benzene rings is 1. The number of nitrogens with one attached hydrogen (secondary N) is 1. The average molecular weight is 244 g/mol. The minimum Gasteiger partial charge on any atom is -0.374 e. The first-order chi connectivity index (χ1) is 8.58. The van der Waals surface area contributed by atoms with Gasteiger partial charge in [0.2, 0.25) is 0 Å². The van der Waals surface area contributed by atoms with Crippen molar-refractivity contribution in [2.45, 2.75) is 45.8 Å². The molecule has 0 amide bonds. The summed E-state index contributed by atoms with van der Waals surface area (Å²) in [6.07, 6.45) is 0.537. The monoisotopic (exact) mass is 244 g/mol. The molecule has 3 rings (SSSR count). The van der Waals surface area contributed by atoms with Crippen LogP contribution in [0.25, 0.3) is 11.0 Å². The van der Waals surface area contributed by atoms with Gasteiger partial charge >= 0.3 is 0 Å². The molecule has 1 saturated heterocycles. The third kappa shape index (κ3) is 1.65. The molecule has 0 bridgehead atoms. The van der Waals surface area contributed by atoms with E-state index in [0.717, 1.165) is 16.9 Å². The zero-order valence-corrected chi connectivity index (χ0v) is 11.4. The molecule has 0 spiro atoms. The molecule has 3 nitrogen and oxygen atoms in total. The van der Waals surface area contributed by atoms with E-state index >= 15 is 0 Å². The van der Waals surface area contributed by atoms with Crippen molar-refractivity contribution in [2.75, 3.05) is 0 Å². The van der Waals surface area contributed by atoms with Gasteiger partial charge in [0.15, 0.2) is 0 Å². The first kappa shape index (κ1) is 11.7. The van der Waals surface area contributed by atoms with Crippen LogP contribution in [0.2, 0.25) is 0 Å². The minimum atomic E-state index is 0.232. The third-order valence-corrected chi connectivity index (χ3v) is 4.29. The smallest absolute Gasteiger partial charge is 0.113 e. The van der Waals surface area contributed by atoms with E-state index in [1.54, 1.807) is 0 Å². The van der Waals surface area contributed by atoms with Crippen LogP contribution in [0.4, 0.5) is 0 Å². The highest BCUT2D eigenvalue weighted by Gasteiger charge is 2.39. The molecule has 4 atom stereocenters. The molecule has 3 heteroatoms. The maximum atomic E-state index is 5.91. The summed E-state index contributed by atoms with van der Waals surface area (Å²) in [6.45, 7) is 8.65. The summed E-state index contributed by atoms with van der Waals surface area (Å²) >= 11 is 0. The van der Waals surface area contributed by atoms with Gasteiger partial charge in [-0.25, -0.2) is 4.98 Å². The summed E-state index contributed by atoms with van der Waals surface area (Å²) in [5, 5.41) is 0. The van der Waals surface area contributed by atoms with E-state index in [9.17, 15) is 0 Å². The molecule has 96 valence electrons. The highest BCUT2D eigenvalue weighted by Crippen LogP contribution is 2.39. The fraction of sp³-hybridized carbons (Fsp3) is 0.533. The maximum absolute atomic E-state index is 5.91. The van der Waals surface area contributed by atoms with Crippen LogP contribution in [0.1, 0.15) is 38.1 Å². The Bertz CT molecular complexity index is 575. The predicted molar refractivity (Wildman–Crippen MR) is 72.7 cm³/mol. The highest BCUT2D eigenvalue weighted by atomic mass is 16.5. The number of H-pyrrole nitrogens is 1. The molecule has 0 aliphatic carbocycles. The zero-order valence-electron chi connectivity index (χ0n) is 11.4. The lowest BCUT2D eigenvalue weighted by atomic mass is 9.89. The van der Waals surface area contributed by atoms with Crippen molar-refractivity contribution in [1.29, 1.82) is 0 Å². The SMILES string of the molecule is Cc1cccc2[nH]c(C3C(C)OC(C)C3C)nc12. The molecule has 1 N–H and O–H groups in total. The molecule has 0 radical (unpaired) electrons. The van der Waals surface area contributed by atoms with Gasteiger partial charge in [-0.3, -0.25) is 0 Å². The lowest BCUT2D eigenvalue weighted by Crippen LogP contribution is -2.16. The Hall–Kier alpha value is -1.35. The molecule has 2 aromatic rings. The number of nitrogens with zero attached hydrogens (tertiary/aromatic N) is 1. The van der Waals surface area contributed by atoms with Crippen molar-refractivity contribution >= 4 is 11.0 Å². The molecular weight excluding hydrogens is 224 g/mol. The fourth-order valence-corrected chi connectivity index (χ4v) is 3.09. The van der Waals surface area contributed by atoms with Crippen molar-refractivity contribution < 1.29 is 4.74 Å². The van der Waals surface area contributed by atoms with Gasteiger partial charge in [0.1, 0.15) is 5.82 Å². The molecule has 1 fully saturated rings. The number of hydrogen-bond donors (Lipinski definition) is 1. The summed E-state index contributed by atoms with van der Waals surface area (Å²) in [5.41, 5.74) is 3.44. The Balaban J connectivity index is 2.07. The van der Waals surface area contributed by atoms with E-state index in [1.165, 1.54) is 5.56 Å². The second kappa shape index (κ2) is 4.09. The lowest BCUT2D eigenvalue weighted by molar-refractivity contribution is 0.0554. The number of para-hydroxylation sites is 1. The molecule has 18 heavy (non-hydrogen) atoms. The van der Waals surface area contributed by atoms with Crippen LogP contribution in [0.5, 0.6) is 0 Å². The van der Waals surface area contributed by atoms with Crippen LogP contribution in [-0.4, -0.2) is 22.2 Å². The summed E-state index contributed by atoms with van der Waals surface area (Å²) in [6, 6.07) is 6.27. The van der Waals surface area contributed by atoms with Crippen molar-refractivity contribution in [3.63, 3.8) is 0 Å². The lowest BCUT2D eigenvalue weighted by Gasteiger charge is -2.15. The maximum Gasteiger partial charge on any atom is 0.113 e. The Morgan fingerprint density at radius 3 is 2.56 bits per heavy atom. The van der Waals surface area contributed by atoms with E-state index < -0.39 is 0 Å². The second-order valence-electron chi connectivity index (χ2n) is 5.52. The fourth-order valence-electron chi connectivity index (χ4n) is 3.09. The molecule has 2 heterocycles. The van der Waals surface area contributed by atoms with Crippen LogP contribution in [0, 0.1) is 12.8 Å². The second-order valence-corrected chi connectivity index (χ2v) is 5.52.